The van der Waals surface area contributed by atoms with E-state index >= 15 is 0 Å². The standard InChI is InChI=1S/C17H27N3O3S/c21-16(6-3-8-19-17(22)15-5-4-14-24-15)18-7-1-2-9-20-10-12-23-13-11-20/h4-5,14H,1-3,6-13H2,(H,18,21)(H,19,22). The first-order chi connectivity index (χ1) is 11.8. The monoisotopic (exact) mass is 353 g/mol. The summed E-state index contributed by atoms with van der Waals surface area (Å²) in [6, 6.07) is 3.65. The van der Waals surface area contributed by atoms with Crippen LogP contribution in [-0.4, -0.2) is 62.7 Å². The largest absolute Gasteiger partial charge is 0.379 e. The number of carbonyl (C=O) groups is 2. The van der Waals surface area contributed by atoms with Crippen LogP contribution in [0.15, 0.2) is 17.5 Å². The van der Waals surface area contributed by atoms with Crippen molar-refractivity contribution in [2.75, 3.05) is 45.9 Å². The molecule has 0 aliphatic carbocycles. The van der Waals surface area contributed by atoms with Crippen LogP contribution in [0.1, 0.15) is 35.4 Å². The van der Waals surface area contributed by atoms with E-state index in [4.69, 9.17) is 4.74 Å². The average molecular weight is 353 g/mol. The van der Waals surface area contributed by atoms with E-state index in [1.807, 2.05) is 11.4 Å². The Morgan fingerprint density at radius 2 is 1.92 bits per heavy atom. The maximum Gasteiger partial charge on any atom is 0.261 e. The minimum atomic E-state index is -0.0616. The fourth-order valence-corrected chi connectivity index (χ4v) is 3.19. The van der Waals surface area contributed by atoms with Gasteiger partial charge in [0.15, 0.2) is 0 Å². The molecule has 24 heavy (non-hydrogen) atoms. The first-order valence-electron chi connectivity index (χ1n) is 8.64. The summed E-state index contributed by atoms with van der Waals surface area (Å²) in [7, 11) is 0. The molecule has 2 rings (SSSR count). The fourth-order valence-electron chi connectivity index (χ4n) is 2.55. The number of ether oxygens (including phenoxy) is 1. The van der Waals surface area contributed by atoms with Crippen LogP contribution in [0.5, 0.6) is 0 Å². The molecule has 1 aliphatic rings. The van der Waals surface area contributed by atoms with E-state index in [1.165, 1.54) is 11.3 Å². The van der Waals surface area contributed by atoms with E-state index in [2.05, 4.69) is 15.5 Å². The Hall–Kier alpha value is -1.44. The Bertz CT molecular complexity index is 487. The van der Waals surface area contributed by atoms with Crippen LogP contribution in [0.3, 0.4) is 0 Å². The summed E-state index contributed by atoms with van der Waals surface area (Å²) in [5.41, 5.74) is 0. The van der Waals surface area contributed by atoms with Crippen molar-refractivity contribution in [3.63, 3.8) is 0 Å². The van der Waals surface area contributed by atoms with E-state index < -0.39 is 0 Å². The van der Waals surface area contributed by atoms with Gasteiger partial charge in [-0.25, -0.2) is 0 Å². The maximum absolute atomic E-state index is 11.7. The van der Waals surface area contributed by atoms with Crippen LogP contribution >= 0.6 is 11.3 Å². The van der Waals surface area contributed by atoms with Gasteiger partial charge in [0.25, 0.3) is 5.91 Å². The van der Waals surface area contributed by atoms with E-state index in [-0.39, 0.29) is 11.8 Å². The number of morpholine rings is 1. The number of carbonyl (C=O) groups excluding carboxylic acids is 2. The molecule has 1 saturated heterocycles. The first kappa shape index (κ1) is 18.9. The number of nitrogens with one attached hydrogen (secondary N) is 2. The van der Waals surface area contributed by atoms with Gasteiger partial charge < -0.3 is 15.4 Å². The second kappa shape index (κ2) is 11.2. The summed E-state index contributed by atoms with van der Waals surface area (Å²) in [5, 5.41) is 7.65. The third-order valence-electron chi connectivity index (χ3n) is 3.94. The predicted molar refractivity (Wildman–Crippen MR) is 95.4 cm³/mol. The Labute approximate surface area is 147 Å². The van der Waals surface area contributed by atoms with Crippen molar-refractivity contribution < 1.29 is 14.3 Å². The van der Waals surface area contributed by atoms with E-state index in [0.717, 1.165) is 52.2 Å². The molecule has 1 fully saturated rings. The molecule has 2 heterocycles. The quantitative estimate of drug-likeness (QED) is 0.625. The van der Waals surface area contributed by atoms with Crippen molar-refractivity contribution in [3.05, 3.63) is 22.4 Å². The second-order valence-electron chi connectivity index (χ2n) is 5.85. The van der Waals surface area contributed by atoms with E-state index in [1.54, 1.807) is 6.07 Å². The SMILES string of the molecule is O=C(CCCNC(=O)c1cccs1)NCCCCN1CCOCC1. The average Bonchev–Trinajstić information content (AvgIpc) is 3.14. The normalized spacial score (nSPS) is 15.2. The highest BCUT2D eigenvalue weighted by atomic mass is 32.1. The molecule has 1 aliphatic heterocycles. The van der Waals surface area contributed by atoms with Crippen LogP contribution < -0.4 is 10.6 Å². The predicted octanol–water partition coefficient (Wildman–Crippen LogP) is 1.49. The minimum absolute atomic E-state index is 0.0616. The molecule has 1 aromatic heterocycles. The third kappa shape index (κ3) is 7.42. The zero-order valence-electron chi connectivity index (χ0n) is 14.1. The van der Waals surface area contributed by atoms with Crippen LogP contribution in [0.4, 0.5) is 0 Å². The van der Waals surface area contributed by atoms with Crippen LogP contribution in [-0.2, 0) is 9.53 Å². The van der Waals surface area contributed by atoms with Gasteiger partial charge in [-0.05, 0) is 37.3 Å². The summed E-state index contributed by atoms with van der Waals surface area (Å²) in [5.74, 6) is 0.000246. The van der Waals surface area contributed by atoms with Gasteiger partial charge in [0.1, 0.15) is 0 Å². The fraction of sp³-hybridized carbons (Fsp3) is 0.647. The van der Waals surface area contributed by atoms with Gasteiger partial charge in [-0.15, -0.1) is 11.3 Å². The van der Waals surface area contributed by atoms with Gasteiger partial charge in [0, 0.05) is 32.6 Å². The number of amides is 2. The van der Waals surface area contributed by atoms with Gasteiger partial charge in [-0.2, -0.15) is 0 Å². The molecule has 0 saturated carbocycles. The molecule has 7 heteroatoms. The molecule has 1 aromatic rings. The molecule has 2 N–H and O–H groups in total. The second-order valence-corrected chi connectivity index (χ2v) is 6.80. The number of hydrogen-bond donors (Lipinski definition) is 2. The molecule has 0 radical (unpaired) electrons. The molecular formula is C17H27N3O3S. The van der Waals surface area contributed by atoms with Crippen molar-refractivity contribution >= 4 is 23.2 Å². The van der Waals surface area contributed by atoms with Gasteiger partial charge in [0.2, 0.25) is 5.91 Å². The highest BCUT2D eigenvalue weighted by molar-refractivity contribution is 7.12. The third-order valence-corrected chi connectivity index (χ3v) is 4.81. The maximum atomic E-state index is 11.7. The molecule has 0 spiro atoms. The number of thiophene rings is 1. The van der Waals surface area contributed by atoms with Crippen molar-refractivity contribution in [2.45, 2.75) is 25.7 Å². The molecule has 0 unspecified atom stereocenters. The topological polar surface area (TPSA) is 70.7 Å². The Kier molecular flexibility index (Phi) is 8.80. The molecule has 2 amide bonds. The first-order valence-corrected chi connectivity index (χ1v) is 9.52. The lowest BCUT2D eigenvalue weighted by molar-refractivity contribution is -0.121. The van der Waals surface area contributed by atoms with Crippen molar-refractivity contribution in [3.8, 4) is 0 Å². The summed E-state index contributed by atoms with van der Waals surface area (Å²) in [6.45, 7) is 6.03. The highest BCUT2D eigenvalue weighted by Gasteiger charge is 2.09. The Balaban J connectivity index is 1.41. The summed E-state index contributed by atoms with van der Waals surface area (Å²) >= 11 is 1.42. The molecule has 6 nitrogen and oxygen atoms in total. The van der Waals surface area contributed by atoms with Gasteiger partial charge in [-0.1, -0.05) is 6.07 Å². The van der Waals surface area contributed by atoms with Gasteiger partial charge in [0.05, 0.1) is 18.1 Å². The zero-order chi connectivity index (χ0) is 17.0. The molecule has 0 bridgehead atoms. The zero-order valence-corrected chi connectivity index (χ0v) is 14.9. The van der Waals surface area contributed by atoms with E-state index in [9.17, 15) is 9.59 Å². The molecule has 0 aromatic carbocycles. The lowest BCUT2D eigenvalue weighted by atomic mass is 10.2. The Morgan fingerprint density at radius 3 is 2.67 bits per heavy atom. The van der Waals surface area contributed by atoms with Crippen molar-refractivity contribution in [1.82, 2.24) is 15.5 Å². The molecule has 134 valence electrons. The summed E-state index contributed by atoms with van der Waals surface area (Å²) in [6.07, 6.45) is 3.21. The van der Waals surface area contributed by atoms with E-state index in [0.29, 0.717) is 24.3 Å². The molecule has 0 atom stereocenters. The summed E-state index contributed by atoms with van der Waals surface area (Å²) < 4.78 is 5.32. The smallest absolute Gasteiger partial charge is 0.261 e. The van der Waals surface area contributed by atoms with Crippen LogP contribution in [0.2, 0.25) is 0 Å². The number of hydrogen-bond acceptors (Lipinski definition) is 5. The number of rotatable bonds is 10. The Morgan fingerprint density at radius 1 is 1.12 bits per heavy atom. The highest BCUT2D eigenvalue weighted by Crippen LogP contribution is 2.07. The minimum Gasteiger partial charge on any atom is -0.379 e. The van der Waals surface area contributed by atoms with Crippen LogP contribution in [0.25, 0.3) is 0 Å². The van der Waals surface area contributed by atoms with Crippen molar-refractivity contribution in [2.24, 2.45) is 0 Å². The van der Waals surface area contributed by atoms with Crippen LogP contribution in [0, 0.1) is 0 Å². The van der Waals surface area contributed by atoms with Gasteiger partial charge in [-0.3, -0.25) is 14.5 Å². The number of unbranched alkanes of at least 4 members (excludes halogenated alkanes) is 1. The lowest BCUT2D eigenvalue weighted by Gasteiger charge is -2.26. The summed E-state index contributed by atoms with van der Waals surface area (Å²) in [4.78, 5) is 26.6. The number of nitrogens with zero attached hydrogens (tertiary/aromatic N) is 1. The van der Waals surface area contributed by atoms with Gasteiger partial charge >= 0.3 is 0 Å². The molecular weight excluding hydrogens is 326 g/mol. The van der Waals surface area contributed by atoms with Crippen molar-refractivity contribution in [1.29, 1.82) is 0 Å². The lowest BCUT2D eigenvalue weighted by Crippen LogP contribution is -2.37.